The lowest BCUT2D eigenvalue weighted by atomic mass is 10.2. The molecule has 0 aromatic carbocycles. The van der Waals surface area contributed by atoms with Gasteiger partial charge in [-0.2, -0.15) is 0 Å². The van der Waals surface area contributed by atoms with Crippen LogP contribution < -0.4 is 10.6 Å². The maximum Gasteiger partial charge on any atom is 0.131 e. The van der Waals surface area contributed by atoms with Crippen molar-refractivity contribution in [3.05, 3.63) is 41.9 Å². The molecule has 0 spiro atoms. The highest BCUT2D eigenvalue weighted by atomic mass is 16.3. The third kappa shape index (κ3) is 3.17. The summed E-state index contributed by atoms with van der Waals surface area (Å²) < 4.78 is 5.41. The zero-order chi connectivity index (χ0) is 14.5. The van der Waals surface area contributed by atoms with Crippen LogP contribution in [0.25, 0.3) is 0 Å². The van der Waals surface area contributed by atoms with E-state index in [2.05, 4.69) is 35.6 Å². The van der Waals surface area contributed by atoms with Crippen molar-refractivity contribution < 1.29 is 4.42 Å². The molecule has 0 saturated heterocycles. The van der Waals surface area contributed by atoms with Gasteiger partial charge in [0.25, 0.3) is 0 Å². The standard InChI is InChI=1S/C15H22N4O/c1-4-19(10-12-6-5-7-20-12)14-9-17-15(11(2)3)18-13(14)8-16/h5-7,9,11H,4,8,10,16H2,1-3H3. The van der Waals surface area contributed by atoms with Gasteiger partial charge < -0.3 is 15.1 Å². The average molecular weight is 274 g/mol. The van der Waals surface area contributed by atoms with Crippen LogP contribution in [0.2, 0.25) is 0 Å². The molecule has 0 atom stereocenters. The third-order valence-corrected chi connectivity index (χ3v) is 3.22. The van der Waals surface area contributed by atoms with Crippen molar-refractivity contribution in [1.82, 2.24) is 9.97 Å². The lowest BCUT2D eigenvalue weighted by molar-refractivity contribution is 0.503. The van der Waals surface area contributed by atoms with E-state index in [1.165, 1.54) is 0 Å². The largest absolute Gasteiger partial charge is 0.467 e. The molecule has 2 N–H and O–H groups in total. The van der Waals surface area contributed by atoms with Crippen molar-refractivity contribution in [1.29, 1.82) is 0 Å². The fourth-order valence-electron chi connectivity index (χ4n) is 2.08. The molecule has 0 aliphatic rings. The number of nitrogens with zero attached hydrogens (tertiary/aromatic N) is 3. The predicted molar refractivity (Wildman–Crippen MR) is 79.4 cm³/mol. The highest BCUT2D eigenvalue weighted by Gasteiger charge is 2.14. The summed E-state index contributed by atoms with van der Waals surface area (Å²) in [4.78, 5) is 11.2. The van der Waals surface area contributed by atoms with Gasteiger partial charge in [-0.15, -0.1) is 0 Å². The molecule has 0 aliphatic heterocycles. The smallest absolute Gasteiger partial charge is 0.131 e. The van der Waals surface area contributed by atoms with Crippen LogP contribution in [0.1, 0.15) is 44.0 Å². The molecule has 5 nitrogen and oxygen atoms in total. The Labute approximate surface area is 119 Å². The van der Waals surface area contributed by atoms with E-state index in [1.54, 1.807) is 6.26 Å². The van der Waals surface area contributed by atoms with E-state index in [0.717, 1.165) is 29.5 Å². The van der Waals surface area contributed by atoms with Crippen molar-refractivity contribution in [3.8, 4) is 0 Å². The molecule has 0 fully saturated rings. The number of nitrogens with two attached hydrogens (primary N) is 1. The number of aromatic nitrogens is 2. The molecule has 0 amide bonds. The summed E-state index contributed by atoms with van der Waals surface area (Å²) in [5.74, 6) is 2.06. The molecule has 2 aromatic rings. The van der Waals surface area contributed by atoms with Crippen molar-refractivity contribution in [2.75, 3.05) is 11.4 Å². The summed E-state index contributed by atoms with van der Waals surface area (Å²) in [5.41, 5.74) is 7.71. The molecular formula is C15H22N4O. The zero-order valence-electron chi connectivity index (χ0n) is 12.3. The Hall–Kier alpha value is -1.88. The fourth-order valence-corrected chi connectivity index (χ4v) is 2.08. The van der Waals surface area contributed by atoms with Crippen LogP contribution in [0, 0.1) is 0 Å². The van der Waals surface area contributed by atoms with Gasteiger partial charge in [-0.3, -0.25) is 0 Å². The molecule has 2 heterocycles. The Balaban J connectivity index is 2.29. The van der Waals surface area contributed by atoms with Crippen LogP contribution in [0.15, 0.2) is 29.0 Å². The first-order valence-electron chi connectivity index (χ1n) is 6.98. The Morgan fingerprint density at radius 2 is 2.20 bits per heavy atom. The summed E-state index contributed by atoms with van der Waals surface area (Å²) in [6.07, 6.45) is 3.56. The number of anilines is 1. The van der Waals surface area contributed by atoms with Gasteiger partial charge >= 0.3 is 0 Å². The zero-order valence-corrected chi connectivity index (χ0v) is 12.3. The van der Waals surface area contributed by atoms with E-state index >= 15 is 0 Å². The van der Waals surface area contributed by atoms with E-state index in [0.29, 0.717) is 19.0 Å². The fraction of sp³-hybridized carbons (Fsp3) is 0.467. The van der Waals surface area contributed by atoms with Gasteiger partial charge in [-0.05, 0) is 19.1 Å². The van der Waals surface area contributed by atoms with Crippen LogP contribution in [0.5, 0.6) is 0 Å². The van der Waals surface area contributed by atoms with Gasteiger partial charge in [0.1, 0.15) is 11.6 Å². The van der Waals surface area contributed by atoms with Crippen LogP contribution in [-0.4, -0.2) is 16.5 Å². The second-order valence-corrected chi connectivity index (χ2v) is 5.01. The van der Waals surface area contributed by atoms with Gasteiger partial charge in [-0.25, -0.2) is 9.97 Å². The van der Waals surface area contributed by atoms with Gasteiger partial charge in [0, 0.05) is 19.0 Å². The maximum atomic E-state index is 5.85. The second kappa shape index (κ2) is 6.52. The first-order valence-corrected chi connectivity index (χ1v) is 6.98. The summed E-state index contributed by atoms with van der Waals surface area (Å²) in [7, 11) is 0. The molecule has 20 heavy (non-hydrogen) atoms. The van der Waals surface area contributed by atoms with Crippen molar-refractivity contribution in [2.24, 2.45) is 5.73 Å². The van der Waals surface area contributed by atoms with Crippen molar-refractivity contribution in [2.45, 2.75) is 39.8 Å². The first-order chi connectivity index (χ1) is 9.65. The number of hydrogen-bond donors (Lipinski definition) is 1. The minimum Gasteiger partial charge on any atom is -0.467 e. The average Bonchev–Trinajstić information content (AvgIpc) is 2.97. The number of hydrogen-bond acceptors (Lipinski definition) is 5. The van der Waals surface area contributed by atoms with E-state index in [4.69, 9.17) is 10.2 Å². The van der Waals surface area contributed by atoms with Crippen LogP contribution in [0.4, 0.5) is 5.69 Å². The van der Waals surface area contributed by atoms with Crippen molar-refractivity contribution in [3.63, 3.8) is 0 Å². The molecule has 0 radical (unpaired) electrons. The van der Waals surface area contributed by atoms with Crippen LogP contribution in [-0.2, 0) is 13.1 Å². The molecule has 0 bridgehead atoms. The highest BCUT2D eigenvalue weighted by Crippen LogP contribution is 2.22. The molecular weight excluding hydrogens is 252 g/mol. The second-order valence-electron chi connectivity index (χ2n) is 5.01. The Morgan fingerprint density at radius 3 is 2.75 bits per heavy atom. The van der Waals surface area contributed by atoms with Crippen molar-refractivity contribution >= 4 is 5.69 Å². The lowest BCUT2D eigenvalue weighted by Gasteiger charge is -2.24. The summed E-state index contributed by atoms with van der Waals surface area (Å²) in [6.45, 7) is 8.20. The molecule has 0 unspecified atom stereocenters. The lowest BCUT2D eigenvalue weighted by Crippen LogP contribution is -2.25. The normalized spacial score (nSPS) is 11.1. The SMILES string of the molecule is CCN(Cc1ccco1)c1cnc(C(C)C)nc1CN. The van der Waals surface area contributed by atoms with E-state index in [9.17, 15) is 0 Å². The van der Waals surface area contributed by atoms with Gasteiger partial charge in [0.05, 0.1) is 30.4 Å². The summed E-state index contributed by atoms with van der Waals surface area (Å²) in [6, 6.07) is 3.86. The third-order valence-electron chi connectivity index (χ3n) is 3.22. The molecule has 5 heteroatoms. The first kappa shape index (κ1) is 14.5. The molecule has 0 saturated carbocycles. The monoisotopic (exact) mass is 274 g/mol. The predicted octanol–water partition coefficient (Wildman–Crippen LogP) is 2.68. The number of rotatable bonds is 6. The number of furan rings is 1. The van der Waals surface area contributed by atoms with E-state index in [-0.39, 0.29) is 0 Å². The van der Waals surface area contributed by atoms with E-state index in [1.807, 2.05) is 18.3 Å². The van der Waals surface area contributed by atoms with Gasteiger partial charge in [0.2, 0.25) is 0 Å². The van der Waals surface area contributed by atoms with Crippen LogP contribution >= 0.6 is 0 Å². The topological polar surface area (TPSA) is 68.2 Å². The Kier molecular flexibility index (Phi) is 4.74. The Bertz CT molecular complexity index is 537. The van der Waals surface area contributed by atoms with Gasteiger partial charge in [-0.1, -0.05) is 13.8 Å². The summed E-state index contributed by atoms with van der Waals surface area (Å²) in [5, 5.41) is 0. The molecule has 2 aromatic heterocycles. The minimum atomic E-state index is 0.300. The van der Waals surface area contributed by atoms with Gasteiger partial charge in [0.15, 0.2) is 0 Å². The Morgan fingerprint density at radius 1 is 1.40 bits per heavy atom. The minimum absolute atomic E-state index is 0.300. The highest BCUT2D eigenvalue weighted by molar-refractivity contribution is 5.49. The molecule has 0 aliphatic carbocycles. The molecule has 108 valence electrons. The quantitative estimate of drug-likeness (QED) is 0.877. The van der Waals surface area contributed by atoms with Crippen LogP contribution in [0.3, 0.4) is 0 Å². The summed E-state index contributed by atoms with van der Waals surface area (Å²) >= 11 is 0. The van der Waals surface area contributed by atoms with E-state index < -0.39 is 0 Å². The molecule has 2 rings (SSSR count). The maximum absolute atomic E-state index is 5.85.